The molecule has 12 heteroatoms. The van der Waals surface area contributed by atoms with Crippen molar-refractivity contribution in [3.05, 3.63) is 35.4 Å². The van der Waals surface area contributed by atoms with Crippen molar-refractivity contribution < 1.29 is 28.1 Å². The first-order valence-electron chi connectivity index (χ1n) is 11.9. The molecule has 194 valence electrons. The van der Waals surface area contributed by atoms with Gasteiger partial charge >= 0.3 is 0 Å². The number of aliphatic hydroxyl groups is 2. The molecule has 3 atom stereocenters. The lowest BCUT2D eigenvalue weighted by atomic mass is 10.0. The van der Waals surface area contributed by atoms with Crippen LogP contribution in [0.1, 0.15) is 19.3 Å². The number of aromatic amines is 1. The van der Waals surface area contributed by atoms with Crippen LogP contribution in [0.15, 0.2) is 30.3 Å². The summed E-state index contributed by atoms with van der Waals surface area (Å²) in [7, 11) is -3.00. The average molecular weight is 537 g/mol. The molecule has 2 aliphatic rings. The molecule has 2 aromatic heterocycles. The summed E-state index contributed by atoms with van der Waals surface area (Å²) in [5.41, 5.74) is 3.52. The van der Waals surface area contributed by atoms with E-state index in [0.717, 1.165) is 11.3 Å². The van der Waals surface area contributed by atoms with Crippen molar-refractivity contribution in [3.63, 3.8) is 0 Å². The third-order valence-corrected chi connectivity index (χ3v) is 8.82. The number of hydrogen-bond donors (Lipinski definition) is 3. The van der Waals surface area contributed by atoms with Gasteiger partial charge in [0.25, 0.3) is 6.01 Å². The minimum atomic E-state index is -3.00. The molecule has 5 rings (SSSR count). The summed E-state index contributed by atoms with van der Waals surface area (Å²) in [6.07, 6.45) is 1.06. The first kappa shape index (κ1) is 25.2. The number of aromatic nitrogens is 3. The molecule has 3 unspecified atom stereocenters. The molecule has 0 bridgehead atoms. The van der Waals surface area contributed by atoms with Gasteiger partial charge in [-0.3, -0.25) is 0 Å². The molecule has 3 aromatic rings. The second kappa shape index (κ2) is 10.1. The molecule has 0 spiro atoms. The Labute approximate surface area is 214 Å². The molecule has 36 heavy (non-hydrogen) atoms. The number of anilines is 1. The standard InChI is InChI=1S/C24H29ClN4O6S/c1-36(32,33)17-6-8-29(9-7-17)15-4-2-14(3-5-15)22-18(25)11-19-23(27-22)28-24(26-19)35-16-10-20(31)21(12-30)34-13-16/h2-5,11,16-17,20-21,30-31H,6-10,12-13H2,1H3,(H,26,27,28). The highest BCUT2D eigenvalue weighted by Crippen LogP contribution is 2.32. The van der Waals surface area contributed by atoms with E-state index in [1.165, 1.54) is 6.26 Å². The van der Waals surface area contributed by atoms with E-state index in [1.807, 2.05) is 24.3 Å². The van der Waals surface area contributed by atoms with E-state index >= 15 is 0 Å². The zero-order valence-electron chi connectivity index (χ0n) is 19.8. The minimum absolute atomic E-state index is 0.233. The summed E-state index contributed by atoms with van der Waals surface area (Å²) in [5.74, 6) is 0. The maximum Gasteiger partial charge on any atom is 0.296 e. The highest BCUT2D eigenvalue weighted by Gasteiger charge is 2.31. The van der Waals surface area contributed by atoms with E-state index in [9.17, 15) is 18.6 Å². The molecule has 2 aliphatic heterocycles. The van der Waals surface area contributed by atoms with E-state index < -0.39 is 28.1 Å². The van der Waals surface area contributed by atoms with Crippen LogP contribution < -0.4 is 9.64 Å². The van der Waals surface area contributed by atoms with E-state index in [1.54, 1.807) is 6.07 Å². The largest absolute Gasteiger partial charge is 0.459 e. The highest BCUT2D eigenvalue weighted by atomic mass is 35.5. The summed E-state index contributed by atoms with van der Waals surface area (Å²) in [5, 5.41) is 19.5. The number of pyridine rings is 1. The van der Waals surface area contributed by atoms with Gasteiger partial charge in [-0.1, -0.05) is 23.7 Å². The third kappa shape index (κ3) is 5.30. The number of rotatable bonds is 6. The summed E-state index contributed by atoms with van der Waals surface area (Å²) >= 11 is 6.54. The number of sulfone groups is 1. The van der Waals surface area contributed by atoms with Crippen molar-refractivity contribution in [1.29, 1.82) is 0 Å². The Hall–Kier alpha value is -2.44. The van der Waals surface area contributed by atoms with Gasteiger partial charge in [0.2, 0.25) is 0 Å². The quantitative estimate of drug-likeness (QED) is 0.432. The fourth-order valence-electron chi connectivity index (χ4n) is 4.77. The molecular formula is C24H29ClN4O6S. The smallest absolute Gasteiger partial charge is 0.296 e. The fourth-order valence-corrected chi connectivity index (χ4v) is 6.10. The number of halogens is 1. The third-order valence-electron chi connectivity index (χ3n) is 6.85. The number of piperidine rings is 1. The second-order valence-corrected chi connectivity index (χ2v) is 12.1. The number of imidazole rings is 1. The summed E-state index contributed by atoms with van der Waals surface area (Å²) in [6.45, 7) is 1.38. The number of nitrogens with zero attached hydrogens (tertiary/aromatic N) is 3. The van der Waals surface area contributed by atoms with Gasteiger partial charge in [0, 0.05) is 37.0 Å². The molecular weight excluding hydrogens is 508 g/mol. The predicted octanol–water partition coefficient (Wildman–Crippen LogP) is 2.18. The van der Waals surface area contributed by atoms with Gasteiger partial charge < -0.3 is 29.6 Å². The molecule has 1 aromatic carbocycles. The molecule has 0 aliphatic carbocycles. The Bertz CT molecular complexity index is 1320. The SMILES string of the molecule is CS(=O)(=O)C1CCN(c2ccc(-c3nc4nc(OC5COC(CO)C(O)C5)[nH]c4cc3Cl)cc2)CC1. The average Bonchev–Trinajstić information content (AvgIpc) is 3.24. The molecule has 0 saturated carbocycles. The van der Waals surface area contributed by atoms with Crippen molar-refractivity contribution >= 4 is 38.3 Å². The summed E-state index contributed by atoms with van der Waals surface area (Å²) in [6, 6.07) is 9.87. The van der Waals surface area contributed by atoms with E-state index in [-0.39, 0.29) is 24.5 Å². The first-order valence-corrected chi connectivity index (χ1v) is 14.2. The lowest BCUT2D eigenvalue weighted by molar-refractivity contribution is -0.131. The van der Waals surface area contributed by atoms with Crippen molar-refractivity contribution in [2.45, 2.75) is 42.8 Å². The zero-order chi connectivity index (χ0) is 25.4. The Kier molecular flexibility index (Phi) is 7.10. The molecule has 2 fully saturated rings. The Balaban J connectivity index is 1.29. The number of aliphatic hydroxyl groups excluding tert-OH is 2. The summed E-state index contributed by atoms with van der Waals surface area (Å²) in [4.78, 5) is 14.3. The number of hydrogen-bond acceptors (Lipinski definition) is 9. The molecule has 4 heterocycles. The van der Waals surface area contributed by atoms with Gasteiger partial charge in [-0.05, 0) is 31.0 Å². The predicted molar refractivity (Wildman–Crippen MR) is 136 cm³/mol. The normalized spacial score (nSPS) is 23.8. The van der Waals surface area contributed by atoms with Gasteiger partial charge in [-0.2, -0.15) is 4.98 Å². The first-order chi connectivity index (χ1) is 17.2. The van der Waals surface area contributed by atoms with E-state index in [2.05, 4.69) is 19.9 Å². The number of ether oxygens (including phenoxy) is 2. The number of H-pyrrole nitrogens is 1. The van der Waals surface area contributed by atoms with Crippen LogP contribution in [0, 0.1) is 0 Å². The van der Waals surface area contributed by atoms with Crippen molar-refractivity contribution in [2.75, 3.05) is 37.5 Å². The van der Waals surface area contributed by atoms with Crippen LogP contribution in [-0.4, -0.2) is 89.7 Å². The second-order valence-electron chi connectivity index (χ2n) is 9.39. The lowest BCUT2D eigenvalue weighted by Gasteiger charge is -2.32. The van der Waals surface area contributed by atoms with E-state index in [4.69, 9.17) is 21.1 Å². The molecule has 10 nitrogen and oxygen atoms in total. The minimum Gasteiger partial charge on any atom is -0.459 e. The van der Waals surface area contributed by atoms with Crippen LogP contribution in [-0.2, 0) is 14.6 Å². The van der Waals surface area contributed by atoms with E-state index in [0.29, 0.717) is 54.2 Å². The van der Waals surface area contributed by atoms with Crippen LogP contribution >= 0.6 is 11.6 Å². The van der Waals surface area contributed by atoms with Gasteiger partial charge in [-0.15, -0.1) is 0 Å². The lowest BCUT2D eigenvalue weighted by Crippen LogP contribution is -2.45. The van der Waals surface area contributed by atoms with Crippen LogP contribution in [0.2, 0.25) is 5.02 Å². The number of nitrogens with one attached hydrogen (secondary N) is 1. The monoisotopic (exact) mass is 536 g/mol. The summed E-state index contributed by atoms with van der Waals surface area (Å²) < 4.78 is 34.9. The molecule has 0 amide bonds. The number of benzene rings is 1. The maximum absolute atomic E-state index is 11.8. The Morgan fingerprint density at radius 3 is 2.58 bits per heavy atom. The molecule has 3 N–H and O–H groups in total. The van der Waals surface area contributed by atoms with Crippen molar-refractivity contribution in [3.8, 4) is 17.3 Å². The van der Waals surface area contributed by atoms with Crippen molar-refractivity contribution in [2.24, 2.45) is 0 Å². The maximum atomic E-state index is 11.8. The highest BCUT2D eigenvalue weighted by molar-refractivity contribution is 7.91. The van der Waals surface area contributed by atoms with Crippen LogP contribution in [0.25, 0.3) is 22.4 Å². The van der Waals surface area contributed by atoms with Gasteiger partial charge in [0.15, 0.2) is 5.65 Å². The Morgan fingerprint density at radius 2 is 1.94 bits per heavy atom. The van der Waals surface area contributed by atoms with Crippen LogP contribution in [0.4, 0.5) is 5.69 Å². The zero-order valence-corrected chi connectivity index (χ0v) is 21.4. The fraction of sp³-hybridized carbons (Fsp3) is 0.500. The van der Waals surface area contributed by atoms with Gasteiger partial charge in [0.05, 0.1) is 40.8 Å². The Morgan fingerprint density at radius 1 is 1.22 bits per heavy atom. The van der Waals surface area contributed by atoms with Crippen molar-refractivity contribution in [1.82, 2.24) is 15.0 Å². The molecule has 2 saturated heterocycles. The van der Waals surface area contributed by atoms with Gasteiger partial charge in [-0.25, -0.2) is 13.4 Å². The number of fused-ring (bicyclic) bond motifs is 1. The topological polar surface area (TPSA) is 138 Å². The molecule has 0 radical (unpaired) electrons. The van der Waals surface area contributed by atoms with Gasteiger partial charge in [0.1, 0.15) is 22.0 Å². The van der Waals surface area contributed by atoms with Crippen LogP contribution in [0.3, 0.4) is 0 Å². The van der Waals surface area contributed by atoms with Crippen LogP contribution in [0.5, 0.6) is 6.01 Å².